The fourth-order valence-electron chi connectivity index (χ4n) is 1.47. The Hall–Kier alpha value is 0.310. The third-order valence-electron chi connectivity index (χ3n) is 2.44. The average Bonchev–Trinajstić information content (AvgIpc) is 2.79. The van der Waals surface area contributed by atoms with Crippen LogP contribution < -0.4 is 0 Å². The SMILES string of the molecule is CC(C)CCN(CCS)C1CC1. The van der Waals surface area contributed by atoms with Crippen LogP contribution in [0.2, 0.25) is 0 Å². The lowest BCUT2D eigenvalue weighted by molar-refractivity contribution is 0.263. The lowest BCUT2D eigenvalue weighted by atomic mass is 10.1. The molecule has 0 aromatic rings. The molecule has 1 fully saturated rings. The maximum atomic E-state index is 4.29. The molecule has 0 saturated heterocycles. The van der Waals surface area contributed by atoms with Gasteiger partial charge in [0.15, 0.2) is 0 Å². The summed E-state index contributed by atoms with van der Waals surface area (Å²) in [5.74, 6) is 1.85. The van der Waals surface area contributed by atoms with Crippen LogP contribution in [0.4, 0.5) is 0 Å². The monoisotopic (exact) mass is 187 g/mol. The molecule has 0 atom stereocenters. The van der Waals surface area contributed by atoms with Crippen molar-refractivity contribution >= 4 is 12.6 Å². The van der Waals surface area contributed by atoms with Crippen LogP contribution in [0.15, 0.2) is 0 Å². The minimum Gasteiger partial charge on any atom is -0.300 e. The summed E-state index contributed by atoms with van der Waals surface area (Å²) in [7, 11) is 0. The maximum absolute atomic E-state index is 4.29. The van der Waals surface area contributed by atoms with E-state index in [0.29, 0.717) is 0 Å². The molecule has 0 N–H and O–H groups in total. The summed E-state index contributed by atoms with van der Waals surface area (Å²) < 4.78 is 0. The highest BCUT2D eigenvalue weighted by molar-refractivity contribution is 7.80. The summed E-state index contributed by atoms with van der Waals surface area (Å²) >= 11 is 4.29. The molecule has 0 aromatic heterocycles. The quantitative estimate of drug-likeness (QED) is 0.625. The molecule has 1 nitrogen and oxygen atoms in total. The molecular formula is C10H21NS. The lowest BCUT2D eigenvalue weighted by Crippen LogP contribution is -2.29. The van der Waals surface area contributed by atoms with Gasteiger partial charge >= 0.3 is 0 Å². The Morgan fingerprint density at radius 3 is 2.42 bits per heavy atom. The van der Waals surface area contributed by atoms with Crippen LogP contribution in [-0.2, 0) is 0 Å². The Morgan fingerprint density at radius 1 is 1.33 bits per heavy atom. The highest BCUT2D eigenvalue weighted by Crippen LogP contribution is 2.27. The van der Waals surface area contributed by atoms with Gasteiger partial charge in [-0.05, 0) is 31.7 Å². The van der Waals surface area contributed by atoms with Gasteiger partial charge < -0.3 is 0 Å². The lowest BCUT2D eigenvalue weighted by Gasteiger charge is -2.21. The zero-order valence-electron chi connectivity index (χ0n) is 8.29. The molecule has 0 radical (unpaired) electrons. The minimum atomic E-state index is 0.839. The number of thiol groups is 1. The highest BCUT2D eigenvalue weighted by atomic mass is 32.1. The maximum Gasteiger partial charge on any atom is 0.00967 e. The van der Waals surface area contributed by atoms with E-state index < -0.39 is 0 Å². The second kappa shape index (κ2) is 5.13. The van der Waals surface area contributed by atoms with Crippen LogP contribution >= 0.6 is 12.6 Å². The third kappa shape index (κ3) is 3.81. The Kier molecular flexibility index (Phi) is 4.44. The predicted octanol–water partition coefficient (Wildman–Crippen LogP) is 2.43. The molecule has 1 rings (SSSR count). The highest BCUT2D eigenvalue weighted by Gasteiger charge is 2.27. The summed E-state index contributed by atoms with van der Waals surface area (Å²) in [5, 5.41) is 0. The zero-order valence-corrected chi connectivity index (χ0v) is 9.19. The molecule has 12 heavy (non-hydrogen) atoms. The fraction of sp³-hybridized carbons (Fsp3) is 1.00. The van der Waals surface area contributed by atoms with Crippen molar-refractivity contribution < 1.29 is 0 Å². The molecular weight excluding hydrogens is 166 g/mol. The first-order valence-electron chi connectivity index (χ1n) is 5.09. The molecule has 0 heterocycles. The number of hydrogen-bond acceptors (Lipinski definition) is 2. The van der Waals surface area contributed by atoms with Crippen LogP contribution in [0.25, 0.3) is 0 Å². The van der Waals surface area contributed by atoms with E-state index in [2.05, 4.69) is 31.4 Å². The van der Waals surface area contributed by atoms with Gasteiger partial charge in [0.2, 0.25) is 0 Å². The van der Waals surface area contributed by atoms with E-state index >= 15 is 0 Å². The first-order chi connectivity index (χ1) is 5.74. The van der Waals surface area contributed by atoms with Crippen LogP contribution in [-0.4, -0.2) is 29.8 Å². The van der Waals surface area contributed by atoms with E-state index in [1.807, 2.05) is 0 Å². The van der Waals surface area contributed by atoms with Gasteiger partial charge in [-0.25, -0.2) is 0 Å². The standard InChI is InChI=1S/C10H21NS/c1-9(2)5-6-11(7-8-12)10-3-4-10/h9-10,12H,3-8H2,1-2H3. The third-order valence-corrected chi connectivity index (χ3v) is 2.64. The van der Waals surface area contributed by atoms with Gasteiger partial charge in [0.1, 0.15) is 0 Å². The van der Waals surface area contributed by atoms with Gasteiger partial charge in [-0.2, -0.15) is 12.6 Å². The molecule has 0 unspecified atom stereocenters. The Morgan fingerprint density at radius 2 is 2.00 bits per heavy atom. The summed E-state index contributed by atoms with van der Waals surface area (Å²) in [6.45, 7) is 7.06. The largest absolute Gasteiger partial charge is 0.300 e. The first-order valence-corrected chi connectivity index (χ1v) is 5.72. The zero-order chi connectivity index (χ0) is 8.97. The Labute approximate surface area is 81.9 Å². The summed E-state index contributed by atoms with van der Waals surface area (Å²) in [6, 6.07) is 0.913. The van der Waals surface area contributed by atoms with Gasteiger partial charge in [0.05, 0.1) is 0 Å². The number of hydrogen-bond donors (Lipinski definition) is 1. The molecule has 0 aromatic carbocycles. The summed E-state index contributed by atoms with van der Waals surface area (Å²) in [6.07, 6.45) is 4.18. The second-order valence-electron chi connectivity index (χ2n) is 4.17. The van der Waals surface area contributed by atoms with Gasteiger partial charge in [0.25, 0.3) is 0 Å². The van der Waals surface area contributed by atoms with E-state index in [0.717, 1.165) is 17.7 Å². The summed E-state index contributed by atoms with van der Waals surface area (Å²) in [4.78, 5) is 2.60. The van der Waals surface area contributed by atoms with Gasteiger partial charge in [-0.3, -0.25) is 4.90 Å². The van der Waals surface area contributed by atoms with Crippen molar-refractivity contribution in [1.29, 1.82) is 0 Å². The van der Waals surface area contributed by atoms with E-state index in [1.54, 1.807) is 0 Å². The molecule has 0 amide bonds. The fourth-order valence-corrected chi connectivity index (χ4v) is 1.73. The minimum absolute atomic E-state index is 0.839. The van der Waals surface area contributed by atoms with Crippen molar-refractivity contribution in [1.82, 2.24) is 4.90 Å². The van der Waals surface area contributed by atoms with Crippen molar-refractivity contribution in [2.24, 2.45) is 5.92 Å². The Bertz CT molecular complexity index is 121. The molecule has 2 heteroatoms. The van der Waals surface area contributed by atoms with Crippen molar-refractivity contribution in [2.45, 2.75) is 39.2 Å². The van der Waals surface area contributed by atoms with Gasteiger partial charge in [-0.1, -0.05) is 13.8 Å². The predicted molar refractivity (Wildman–Crippen MR) is 57.9 cm³/mol. The van der Waals surface area contributed by atoms with Crippen molar-refractivity contribution in [3.8, 4) is 0 Å². The first kappa shape index (κ1) is 10.4. The van der Waals surface area contributed by atoms with Crippen LogP contribution in [0.3, 0.4) is 0 Å². The average molecular weight is 187 g/mol. The molecule has 0 aliphatic heterocycles. The second-order valence-corrected chi connectivity index (χ2v) is 4.62. The van der Waals surface area contributed by atoms with Crippen molar-refractivity contribution in [3.63, 3.8) is 0 Å². The smallest absolute Gasteiger partial charge is 0.00967 e. The molecule has 1 saturated carbocycles. The van der Waals surface area contributed by atoms with Crippen LogP contribution in [0.5, 0.6) is 0 Å². The van der Waals surface area contributed by atoms with E-state index in [-0.39, 0.29) is 0 Å². The Balaban J connectivity index is 2.13. The number of rotatable bonds is 6. The van der Waals surface area contributed by atoms with Gasteiger partial charge in [0, 0.05) is 18.3 Å². The molecule has 0 bridgehead atoms. The van der Waals surface area contributed by atoms with Crippen LogP contribution in [0, 0.1) is 5.92 Å². The van der Waals surface area contributed by atoms with Gasteiger partial charge in [-0.15, -0.1) is 0 Å². The molecule has 72 valence electrons. The van der Waals surface area contributed by atoms with E-state index in [1.165, 1.54) is 32.4 Å². The molecule has 0 spiro atoms. The van der Waals surface area contributed by atoms with Crippen LogP contribution in [0.1, 0.15) is 33.1 Å². The van der Waals surface area contributed by atoms with E-state index in [9.17, 15) is 0 Å². The topological polar surface area (TPSA) is 3.24 Å². The van der Waals surface area contributed by atoms with E-state index in [4.69, 9.17) is 0 Å². The van der Waals surface area contributed by atoms with Crippen molar-refractivity contribution in [3.05, 3.63) is 0 Å². The normalized spacial score (nSPS) is 17.8. The molecule has 1 aliphatic rings. The molecule has 1 aliphatic carbocycles. The number of nitrogens with zero attached hydrogens (tertiary/aromatic N) is 1. The summed E-state index contributed by atoms with van der Waals surface area (Å²) in [5.41, 5.74) is 0. The van der Waals surface area contributed by atoms with Crippen molar-refractivity contribution in [2.75, 3.05) is 18.8 Å².